The molecule has 0 radical (unpaired) electrons. The molecule has 3 rings (SSSR count). The third kappa shape index (κ3) is 3.37. The average Bonchev–Trinajstić information content (AvgIpc) is 2.71. The minimum atomic E-state index is -3.45. The number of benzene rings is 1. The first-order valence-electron chi connectivity index (χ1n) is 6.99. The second-order valence-corrected chi connectivity index (χ2v) is 8.04. The predicted octanol–water partition coefficient (Wildman–Crippen LogP) is 2.59. The zero-order valence-corrected chi connectivity index (χ0v) is 14.3. The van der Waals surface area contributed by atoms with Crippen molar-refractivity contribution in [2.24, 2.45) is 0 Å². The SMILES string of the molecule is Cc1ccc(Cl)cc1S(=O)(=O)N1CCC2CCC(C1)N2.Cl. The summed E-state index contributed by atoms with van der Waals surface area (Å²) in [4.78, 5) is 0.336. The van der Waals surface area contributed by atoms with Gasteiger partial charge in [-0.1, -0.05) is 17.7 Å². The van der Waals surface area contributed by atoms with Crippen molar-refractivity contribution in [3.63, 3.8) is 0 Å². The molecule has 0 aliphatic carbocycles. The molecule has 2 heterocycles. The van der Waals surface area contributed by atoms with Gasteiger partial charge >= 0.3 is 0 Å². The van der Waals surface area contributed by atoms with E-state index in [0.717, 1.165) is 24.8 Å². The standard InChI is InChI=1S/C14H19ClN2O2S.ClH/c1-10-2-3-11(15)8-14(10)20(18,19)17-7-6-12-4-5-13(9-17)16-12;/h2-3,8,12-13,16H,4-7,9H2,1H3;1H. The molecule has 7 heteroatoms. The molecule has 0 spiro atoms. The van der Waals surface area contributed by atoms with Gasteiger partial charge in [0.25, 0.3) is 0 Å². The zero-order valence-electron chi connectivity index (χ0n) is 11.9. The van der Waals surface area contributed by atoms with E-state index in [2.05, 4.69) is 5.32 Å². The molecular weight excluding hydrogens is 331 g/mol. The van der Waals surface area contributed by atoms with E-state index in [9.17, 15) is 8.42 Å². The largest absolute Gasteiger partial charge is 0.310 e. The van der Waals surface area contributed by atoms with Crippen molar-refractivity contribution < 1.29 is 8.42 Å². The van der Waals surface area contributed by atoms with Gasteiger partial charge in [0.05, 0.1) is 4.90 Å². The van der Waals surface area contributed by atoms with Crippen LogP contribution in [0.2, 0.25) is 5.02 Å². The van der Waals surface area contributed by atoms with Crippen molar-refractivity contribution in [2.45, 2.75) is 43.2 Å². The Hall–Kier alpha value is -0.330. The Balaban J connectivity index is 0.00000161. The molecule has 0 aromatic heterocycles. The van der Waals surface area contributed by atoms with E-state index in [-0.39, 0.29) is 18.4 Å². The van der Waals surface area contributed by atoms with E-state index in [4.69, 9.17) is 11.6 Å². The van der Waals surface area contributed by atoms with Crippen LogP contribution < -0.4 is 5.32 Å². The summed E-state index contributed by atoms with van der Waals surface area (Å²) in [7, 11) is -3.45. The van der Waals surface area contributed by atoms with E-state index in [1.54, 1.807) is 22.5 Å². The van der Waals surface area contributed by atoms with Crippen molar-refractivity contribution in [3.8, 4) is 0 Å². The number of hydrogen-bond acceptors (Lipinski definition) is 3. The van der Waals surface area contributed by atoms with Gasteiger partial charge in [-0.3, -0.25) is 0 Å². The highest BCUT2D eigenvalue weighted by molar-refractivity contribution is 7.89. The van der Waals surface area contributed by atoms with Gasteiger partial charge in [0.1, 0.15) is 0 Å². The van der Waals surface area contributed by atoms with Gasteiger partial charge in [0.2, 0.25) is 10.0 Å². The molecule has 2 aliphatic rings. The number of aryl methyl sites for hydroxylation is 1. The van der Waals surface area contributed by atoms with Crippen molar-refractivity contribution >= 4 is 34.0 Å². The maximum Gasteiger partial charge on any atom is 0.243 e. The molecule has 2 unspecified atom stereocenters. The highest BCUT2D eigenvalue weighted by Crippen LogP contribution is 2.27. The van der Waals surface area contributed by atoms with Crippen LogP contribution in [0.25, 0.3) is 0 Å². The van der Waals surface area contributed by atoms with Crippen LogP contribution in [0.1, 0.15) is 24.8 Å². The Bertz CT molecular complexity index is 621. The molecule has 1 aromatic rings. The summed E-state index contributed by atoms with van der Waals surface area (Å²) in [5.74, 6) is 0. The van der Waals surface area contributed by atoms with Crippen molar-refractivity contribution in [2.75, 3.05) is 13.1 Å². The molecule has 2 aliphatic heterocycles. The van der Waals surface area contributed by atoms with Gasteiger partial charge in [0.15, 0.2) is 0 Å². The lowest BCUT2D eigenvalue weighted by Crippen LogP contribution is -2.39. The third-order valence-corrected chi connectivity index (χ3v) is 6.50. The molecule has 2 bridgehead atoms. The first-order valence-corrected chi connectivity index (χ1v) is 8.81. The normalized spacial score (nSPS) is 26.2. The molecule has 0 saturated carbocycles. The molecule has 0 amide bonds. The number of nitrogens with zero attached hydrogens (tertiary/aromatic N) is 1. The second kappa shape index (κ2) is 6.42. The maximum atomic E-state index is 12.8. The van der Waals surface area contributed by atoms with Gasteiger partial charge < -0.3 is 5.32 Å². The predicted molar refractivity (Wildman–Crippen MR) is 86.8 cm³/mol. The molecule has 2 fully saturated rings. The molecule has 118 valence electrons. The molecule has 1 N–H and O–H groups in total. The number of fused-ring (bicyclic) bond motifs is 2. The molecule has 21 heavy (non-hydrogen) atoms. The minimum absolute atomic E-state index is 0. The summed E-state index contributed by atoms with van der Waals surface area (Å²) >= 11 is 5.96. The Morgan fingerprint density at radius 3 is 2.71 bits per heavy atom. The van der Waals surface area contributed by atoms with Gasteiger partial charge in [0, 0.05) is 30.2 Å². The van der Waals surface area contributed by atoms with Crippen molar-refractivity contribution in [1.29, 1.82) is 0 Å². The van der Waals surface area contributed by atoms with Crippen LogP contribution in [-0.2, 0) is 10.0 Å². The van der Waals surface area contributed by atoms with E-state index < -0.39 is 10.0 Å². The summed E-state index contributed by atoms with van der Waals surface area (Å²) in [6.07, 6.45) is 3.11. The second-order valence-electron chi connectivity index (χ2n) is 5.70. The highest BCUT2D eigenvalue weighted by atomic mass is 35.5. The quantitative estimate of drug-likeness (QED) is 0.891. The fourth-order valence-electron chi connectivity index (χ4n) is 3.12. The Morgan fingerprint density at radius 1 is 1.24 bits per heavy atom. The summed E-state index contributed by atoms with van der Waals surface area (Å²) < 4.78 is 27.3. The molecule has 4 nitrogen and oxygen atoms in total. The average molecular weight is 351 g/mol. The fourth-order valence-corrected chi connectivity index (χ4v) is 5.11. The number of halogens is 2. The Kier molecular flexibility index (Phi) is 5.21. The van der Waals surface area contributed by atoms with Crippen LogP contribution in [0.4, 0.5) is 0 Å². The molecule has 2 atom stereocenters. The first-order chi connectivity index (χ1) is 9.46. The number of rotatable bonds is 2. The first kappa shape index (κ1) is 17.0. The lowest BCUT2D eigenvalue weighted by molar-refractivity contribution is 0.383. The lowest BCUT2D eigenvalue weighted by Gasteiger charge is -2.24. The van der Waals surface area contributed by atoms with Crippen LogP contribution in [0, 0.1) is 6.92 Å². The van der Waals surface area contributed by atoms with Gasteiger partial charge in [-0.05, 0) is 43.9 Å². The van der Waals surface area contributed by atoms with E-state index in [1.807, 2.05) is 6.92 Å². The highest BCUT2D eigenvalue weighted by Gasteiger charge is 2.35. The van der Waals surface area contributed by atoms with Gasteiger partial charge in [-0.2, -0.15) is 4.31 Å². The van der Waals surface area contributed by atoms with Crippen LogP contribution in [0.3, 0.4) is 0 Å². The van der Waals surface area contributed by atoms with Crippen LogP contribution in [0.15, 0.2) is 23.1 Å². The topological polar surface area (TPSA) is 49.4 Å². The van der Waals surface area contributed by atoms with Crippen LogP contribution in [0.5, 0.6) is 0 Å². The summed E-state index contributed by atoms with van der Waals surface area (Å²) in [5.41, 5.74) is 0.747. The van der Waals surface area contributed by atoms with Crippen molar-refractivity contribution in [1.82, 2.24) is 9.62 Å². The number of hydrogen-bond donors (Lipinski definition) is 1. The fraction of sp³-hybridized carbons (Fsp3) is 0.571. The number of sulfonamides is 1. The van der Waals surface area contributed by atoms with Crippen LogP contribution in [-0.4, -0.2) is 37.9 Å². The smallest absolute Gasteiger partial charge is 0.243 e. The maximum absolute atomic E-state index is 12.8. The Morgan fingerprint density at radius 2 is 1.95 bits per heavy atom. The van der Waals surface area contributed by atoms with Gasteiger partial charge in [-0.15, -0.1) is 12.4 Å². The third-order valence-electron chi connectivity index (χ3n) is 4.25. The zero-order chi connectivity index (χ0) is 14.3. The van der Waals surface area contributed by atoms with Crippen LogP contribution >= 0.6 is 24.0 Å². The van der Waals surface area contributed by atoms with Crippen molar-refractivity contribution in [3.05, 3.63) is 28.8 Å². The molecular formula is C14H20Cl2N2O2S. The summed E-state index contributed by atoms with van der Waals surface area (Å²) in [6.45, 7) is 2.96. The minimum Gasteiger partial charge on any atom is -0.310 e. The molecule has 1 aromatic carbocycles. The van der Waals surface area contributed by atoms with E-state index in [1.165, 1.54) is 0 Å². The lowest BCUT2D eigenvalue weighted by atomic mass is 10.1. The number of nitrogens with one attached hydrogen (secondary N) is 1. The monoisotopic (exact) mass is 350 g/mol. The van der Waals surface area contributed by atoms with E-state index in [0.29, 0.717) is 29.0 Å². The Labute approximate surface area is 137 Å². The summed E-state index contributed by atoms with van der Waals surface area (Å²) in [5, 5.41) is 3.96. The molecule has 2 saturated heterocycles. The van der Waals surface area contributed by atoms with Gasteiger partial charge in [-0.25, -0.2) is 8.42 Å². The summed E-state index contributed by atoms with van der Waals surface area (Å²) in [6, 6.07) is 5.81. The van der Waals surface area contributed by atoms with E-state index >= 15 is 0 Å².